The quantitative estimate of drug-likeness (QED) is 0.702. The van der Waals surface area contributed by atoms with Gasteiger partial charge in [0, 0.05) is 32.2 Å². The van der Waals surface area contributed by atoms with Crippen LogP contribution in [0.3, 0.4) is 0 Å². The van der Waals surface area contributed by atoms with E-state index in [2.05, 4.69) is 31.8 Å². The van der Waals surface area contributed by atoms with Gasteiger partial charge in [-0.05, 0) is 57.6 Å². The minimum absolute atomic E-state index is 0.181. The molecule has 0 bridgehead atoms. The summed E-state index contributed by atoms with van der Waals surface area (Å²) in [7, 11) is 0. The number of allylic oxidation sites excluding steroid dienone is 1. The molecule has 0 aromatic heterocycles. The second-order valence-corrected chi connectivity index (χ2v) is 7.08. The number of carbonyl (C=O) groups is 1. The van der Waals surface area contributed by atoms with Crippen molar-refractivity contribution in [3.05, 3.63) is 24.0 Å². The van der Waals surface area contributed by atoms with Crippen molar-refractivity contribution in [2.24, 2.45) is 9.98 Å². The van der Waals surface area contributed by atoms with E-state index in [9.17, 15) is 4.79 Å². The van der Waals surface area contributed by atoms with Crippen LogP contribution in [0.2, 0.25) is 0 Å². The maximum Gasteiger partial charge on any atom is 0.270 e. The third-order valence-electron chi connectivity index (χ3n) is 5.22. The van der Waals surface area contributed by atoms with Gasteiger partial charge in [0.25, 0.3) is 5.91 Å². The lowest BCUT2D eigenvalue weighted by atomic mass is 10.0. The second kappa shape index (κ2) is 9.00. The number of carbonyl (C=O) groups excluding carboxylic acids is 1. The Morgan fingerprint density at radius 3 is 2.54 bits per heavy atom. The number of hydrogen-bond acceptors (Lipinski definition) is 6. The molecule has 0 aromatic carbocycles. The van der Waals surface area contributed by atoms with Crippen molar-refractivity contribution in [2.45, 2.75) is 31.7 Å². The number of hydrogen-bond donors (Lipinski definition) is 2. The molecule has 3 aliphatic rings. The van der Waals surface area contributed by atoms with E-state index in [4.69, 9.17) is 5.41 Å². The third kappa shape index (κ3) is 4.95. The molecular weight excluding hydrogens is 328 g/mol. The van der Waals surface area contributed by atoms with Crippen LogP contribution in [0.1, 0.15) is 25.7 Å². The van der Waals surface area contributed by atoms with E-state index >= 15 is 0 Å². The fourth-order valence-electron chi connectivity index (χ4n) is 3.64. The van der Waals surface area contributed by atoms with Crippen molar-refractivity contribution in [3.8, 4) is 0 Å². The number of piperidine rings is 1. The summed E-state index contributed by atoms with van der Waals surface area (Å²) < 4.78 is 0. The van der Waals surface area contributed by atoms with Gasteiger partial charge < -0.3 is 15.1 Å². The number of aliphatic imine (C=N–C) groups is 2. The van der Waals surface area contributed by atoms with Crippen molar-refractivity contribution in [3.63, 3.8) is 0 Å². The lowest BCUT2D eigenvalue weighted by molar-refractivity contribution is -0.115. The summed E-state index contributed by atoms with van der Waals surface area (Å²) in [5.74, 6) is -0.181. The Morgan fingerprint density at radius 1 is 1.23 bits per heavy atom. The first-order valence-electron chi connectivity index (χ1n) is 9.43. The summed E-state index contributed by atoms with van der Waals surface area (Å²) in [5, 5.41) is 10.8. The molecule has 2 N–H and O–H groups in total. The monoisotopic (exact) mass is 356 g/mol. The highest BCUT2D eigenvalue weighted by molar-refractivity contribution is 6.45. The highest BCUT2D eigenvalue weighted by Gasteiger charge is 2.23. The van der Waals surface area contributed by atoms with E-state index in [1.807, 2.05) is 0 Å². The first-order chi connectivity index (χ1) is 12.7. The van der Waals surface area contributed by atoms with Crippen molar-refractivity contribution >= 4 is 24.0 Å². The summed E-state index contributed by atoms with van der Waals surface area (Å²) in [4.78, 5) is 25.3. The molecule has 0 unspecified atom stereocenters. The summed E-state index contributed by atoms with van der Waals surface area (Å²) in [5.41, 5.74) is 0.928. The van der Waals surface area contributed by atoms with Gasteiger partial charge in [-0.25, -0.2) is 4.99 Å². The zero-order chi connectivity index (χ0) is 18.4. The van der Waals surface area contributed by atoms with Crippen LogP contribution in [0, 0.1) is 5.41 Å². The van der Waals surface area contributed by atoms with Gasteiger partial charge in [0.1, 0.15) is 11.4 Å². The first-order valence-corrected chi connectivity index (χ1v) is 9.43. The molecule has 0 saturated carbocycles. The van der Waals surface area contributed by atoms with E-state index in [1.54, 1.807) is 12.2 Å². The van der Waals surface area contributed by atoms with Crippen molar-refractivity contribution in [1.82, 2.24) is 15.1 Å². The normalized spacial score (nSPS) is 24.1. The largest absolute Gasteiger partial charge is 0.348 e. The van der Waals surface area contributed by atoms with E-state index in [0.717, 1.165) is 39.0 Å². The Morgan fingerprint density at radius 2 is 1.88 bits per heavy atom. The number of likely N-dealkylation sites (tertiary alicyclic amines) is 2. The van der Waals surface area contributed by atoms with Crippen LogP contribution < -0.4 is 5.32 Å². The molecule has 3 heterocycles. The smallest absolute Gasteiger partial charge is 0.270 e. The molecule has 140 valence electrons. The van der Waals surface area contributed by atoms with Gasteiger partial charge in [0.15, 0.2) is 0 Å². The lowest BCUT2D eigenvalue weighted by Gasteiger charge is -2.33. The van der Waals surface area contributed by atoms with Crippen LogP contribution in [0.5, 0.6) is 0 Å². The topological polar surface area (TPSA) is 84.2 Å². The zero-order valence-corrected chi connectivity index (χ0v) is 15.3. The zero-order valence-electron chi connectivity index (χ0n) is 15.3. The SMILES string of the molecule is C=N/C=C1/N=C(C(=O)NC2CCN(CCN3CCCC3)CC2)C=CC1=N. The van der Waals surface area contributed by atoms with Gasteiger partial charge in [0.2, 0.25) is 0 Å². The molecule has 0 atom stereocenters. The van der Waals surface area contributed by atoms with Crippen LogP contribution in [-0.2, 0) is 4.79 Å². The molecule has 2 fully saturated rings. The first kappa shape index (κ1) is 18.7. The minimum atomic E-state index is -0.181. The fraction of sp³-hybridized carbons (Fsp3) is 0.579. The summed E-state index contributed by atoms with van der Waals surface area (Å²) >= 11 is 0. The Bertz CT molecular complexity index is 636. The van der Waals surface area contributed by atoms with Crippen LogP contribution >= 0.6 is 0 Å². The molecule has 0 aliphatic carbocycles. The minimum Gasteiger partial charge on any atom is -0.348 e. The number of amides is 1. The van der Waals surface area contributed by atoms with Crippen LogP contribution in [-0.4, -0.2) is 79.2 Å². The van der Waals surface area contributed by atoms with Gasteiger partial charge in [0.05, 0.1) is 11.9 Å². The summed E-state index contributed by atoms with van der Waals surface area (Å²) in [6, 6.07) is 0.188. The van der Waals surface area contributed by atoms with Crippen molar-refractivity contribution < 1.29 is 4.79 Å². The Kier molecular flexibility index (Phi) is 6.46. The molecule has 0 aromatic rings. The van der Waals surface area contributed by atoms with Crippen LogP contribution in [0.25, 0.3) is 0 Å². The molecule has 3 rings (SSSR count). The fourth-order valence-corrected chi connectivity index (χ4v) is 3.64. The molecule has 7 heteroatoms. The molecule has 0 spiro atoms. The molecular formula is C19H28N6O. The average Bonchev–Trinajstić information content (AvgIpc) is 3.17. The number of dihydropyridines is 1. The predicted octanol–water partition coefficient (Wildman–Crippen LogP) is 1.24. The van der Waals surface area contributed by atoms with Gasteiger partial charge >= 0.3 is 0 Å². The number of nitrogens with one attached hydrogen (secondary N) is 2. The Hall–Kier alpha value is -2.12. The average molecular weight is 356 g/mol. The maximum absolute atomic E-state index is 12.4. The number of nitrogens with zero attached hydrogens (tertiary/aromatic N) is 4. The second-order valence-electron chi connectivity index (χ2n) is 7.08. The van der Waals surface area contributed by atoms with Crippen LogP contribution in [0.4, 0.5) is 0 Å². The standard InChI is InChI=1S/C19H28N6O/c1-21-14-18-16(20)4-5-17(23-18)19(26)22-15-6-10-25(11-7-15)13-12-24-8-2-3-9-24/h4-5,14-15,20H,1-3,6-13H2,(H,22,26)/b18-14+,20-16?. The Balaban J connectivity index is 1.44. The molecule has 1 amide bonds. The Labute approximate surface area is 155 Å². The van der Waals surface area contributed by atoms with E-state index in [1.165, 1.54) is 32.1 Å². The van der Waals surface area contributed by atoms with Crippen LogP contribution in [0.15, 0.2) is 34.0 Å². The van der Waals surface area contributed by atoms with Crippen molar-refractivity contribution in [2.75, 3.05) is 39.3 Å². The highest BCUT2D eigenvalue weighted by Crippen LogP contribution is 2.13. The molecule has 3 aliphatic heterocycles. The highest BCUT2D eigenvalue weighted by atomic mass is 16.1. The third-order valence-corrected chi connectivity index (χ3v) is 5.22. The predicted molar refractivity (Wildman–Crippen MR) is 105 cm³/mol. The molecule has 26 heavy (non-hydrogen) atoms. The van der Waals surface area contributed by atoms with Gasteiger partial charge in [-0.2, -0.15) is 0 Å². The van der Waals surface area contributed by atoms with E-state index < -0.39 is 0 Å². The van der Waals surface area contributed by atoms with E-state index in [-0.39, 0.29) is 17.7 Å². The van der Waals surface area contributed by atoms with Gasteiger partial charge in [-0.15, -0.1) is 0 Å². The van der Waals surface area contributed by atoms with Gasteiger partial charge in [-0.3, -0.25) is 15.2 Å². The summed E-state index contributed by atoms with van der Waals surface area (Å²) in [6.07, 6.45) is 9.17. The van der Waals surface area contributed by atoms with E-state index in [0.29, 0.717) is 11.4 Å². The lowest BCUT2D eigenvalue weighted by Crippen LogP contribution is -2.47. The van der Waals surface area contributed by atoms with Gasteiger partial charge in [-0.1, -0.05) is 0 Å². The number of rotatable bonds is 6. The molecule has 0 radical (unpaired) electrons. The van der Waals surface area contributed by atoms with Crippen molar-refractivity contribution in [1.29, 1.82) is 5.41 Å². The maximum atomic E-state index is 12.4. The molecule has 2 saturated heterocycles. The summed E-state index contributed by atoms with van der Waals surface area (Å²) in [6.45, 7) is 10.2. The molecule has 7 nitrogen and oxygen atoms in total.